The van der Waals surface area contributed by atoms with Crippen molar-refractivity contribution >= 4 is 27.8 Å². The van der Waals surface area contributed by atoms with Gasteiger partial charge in [-0.05, 0) is 6.42 Å². The van der Waals surface area contributed by atoms with Crippen molar-refractivity contribution in [1.82, 2.24) is 15.2 Å². The van der Waals surface area contributed by atoms with E-state index in [9.17, 15) is 0 Å². The van der Waals surface area contributed by atoms with Gasteiger partial charge in [0.1, 0.15) is 0 Å². The van der Waals surface area contributed by atoms with Crippen molar-refractivity contribution in [3.05, 3.63) is 11.2 Å². The molecule has 0 saturated carbocycles. The van der Waals surface area contributed by atoms with Crippen molar-refractivity contribution in [2.75, 3.05) is 5.73 Å². The van der Waals surface area contributed by atoms with E-state index >= 15 is 0 Å². The first kappa shape index (κ1) is 8.58. The summed E-state index contributed by atoms with van der Waals surface area (Å²) in [5.41, 5.74) is 5.48. The summed E-state index contributed by atoms with van der Waals surface area (Å²) in [6.45, 7) is 2.08. The Balaban J connectivity index is 2.35. The molecule has 2 N–H and O–H groups in total. The highest BCUT2D eigenvalue weighted by Gasteiger charge is 2.07. The third-order valence-corrected chi connectivity index (χ3v) is 3.57. The van der Waals surface area contributed by atoms with Crippen LogP contribution in [0.15, 0.2) is 6.20 Å². The van der Waals surface area contributed by atoms with Gasteiger partial charge in [-0.2, -0.15) is 0 Å². The topological polar surface area (TPSA) is 64.7 Å². The first-order chi connectivity index (χ1) is 6.29. The van der Waals surface area contributed by atoms with Crippen LogP contribution in [0.1, 0.15) is 11.9 Å². The zero-order valence-electron chi connectivity index (χ0n) is 7.02. The predicted molar refractivity (Wildman–Crippen MR) is 54.8 cm³/mol. The van der Waals surface area contributed by atoms with Gasteiger partial charge in [0, 0.05) is 6.20 Å². The van der Waals surface area contributed by atoms with Gasteiger partial charge < -0.3 is 5.73 Å². The zero-order chi connectivity index (χ0) is 9.26. The molecule has 2 aromatic rings. The van der Waals surface area contributed by atoms with Crippen LogP contribution < -0.4 is 5.73 Å². The molecule has 68 valence electrons. The lowest BCUT2D eigenvalue weighted by Gasteiger charge is -1.83. The van der Waals surface area contributed by atoms with Gasteiger partial charge in [-0.3, -0.25) is 0 Å². The maximum atomic E-state index is 5.48. The Hall–Kier alpha value is -1.01. The molecule has 2 aromatic heterocycles. The van der Waals surface area contributed by atoms with Gasteiger partial charge in [0.05, 0.1) is 9.88 Å². The van der Waals surface area contributed by atoms with E-state index in [0.29, 0.717) is 5.13 Å². The van der Waals surface area contributed by atoms with Crippen LogP contribution in [-0.4, -0.2) is 15.2 Å². The van der Waals surface area contributed by atoms with E-state index in [-0.39, 0.29) is 0 Å². The summed E-state index contributed by atoms with van der Waals surface area (Å²) in [4.78, 5) is 5.28. The molecule has 0 spiro atoms. The number of nitrogens with zero attached hydrogens (tertiary/aromatic N) is 3. The Morgan fingerprint density at radius 3 is 2.77 bits per heavy atom. The van der Waals surface area contributed by atoms with Gasteiger partial charge in [-0.25, -0.2) is 4.98 Å². The van der Waals surface area contributed by atoms with Crippen molar-refractivity contribution in [3.63, 3.8) is 0 Å². The number of rotatable bonds is 2. The molecule has 0 bridgehead atoms. The van der Waals surface area contributed by atoms with E-state index in [0.717, 1.165) is 21.3 Å². The lowest BCUT2D eigenvalue weighted by molar-refractivity contribution is 1.09. The van der Waals surface area contributed by atoms with Crippen molar-refractivity contribution in [2.45, 2.75) is 13.3 Å². The molecular weight excluding hydrogens is 204 g/mol. The van der Waals surface area contributed by atoms with Crippen molar-refractivity contribution in [1.29, 1.82) is 0 Å². The Labute approximate surface area is 83.5 Å². The molecule has 0 aromatic carbocycles. The van der Waals surface area contributed by atoms with Crippen LogP contribution in [0.25, 0.3) is 9.88 Å². The third kappa shape index (κ3) is 1.68. The van der Waals surface area contributed by atoms with Crippen LogP contribution in [0.4, 0.5) is 5.13 Å². The highest BCUT2D eigenvalue weighted by atomic mass is 32.1. The van der Waals surface area contributed by atoms with Crippen molar-refractivity contribution < 1.29 is 0 Å². The van der Waals surface area contributed by atoms with Crippen LogP contribution in [0.2, 0.25) is 0 Å². The summed E-state index contributed by atoms with van der Waals surface area (Å²) in [6.07, 6.45) is 2.78. The van der Waals surface area contributed by atoms with Crippen molar-refractivity contribution in [3.8, 4) is 9.88 Å². The smallest absolute Gasteiger partial charge is 0.203 e. The van der Waals surface area contributed by atoms with Gasteiger partial charge in [0.25, 0.3) is 0 Å². The van der Waals surface area contributed by atoms with Crippen LogP contribution in [0, 0.1) is 0 Å². The van der Waals surface area contributed by atoms with Gasteiger partial charge in [0.15, 0.2) is 5.01 Å². The molecule has 0 aliphatic rings. The van der Waals surface area contributed by atoms with Crippen molar-refractivity contribution in [2.24, 2.45) is 0 Å². The third-order valence-electron chi connectivity index (χ3n) is 1.51. The normalized spacial score (nSPS) is 10.5. The van der Waals surface area contributed by atoms with Crippen LogP contribution in [-0.2, 0) is 6.42 Å². The minimum Gasteiger partial charge on any atom is -0.374 e. The Morgan fingerprint density at radius 1 is 1.38 bits per heavy atom. The van der Waals surface area contributed by atoms with E-state index in [4.69, 9.17) is 5.73 Å². The van der Waals surface area contributed by atoms with Crippen LogP contribution >= 0.6 is 22.7 Å². The number of nitrogen functional groups attached to an aromatic ring is 1. The number of aryl methyl sites for hydroxylation is 1. The Morgan fingerprint density at radius 2 is 2.23 bits per heavy atom. The molecule has 0 aliphatic carbocycles. The minimum absolute atomic E-state index is 0.501. The average Bonchev–Trinajstić information content (AvgIpc) is 2.71. The number of hydrogen-bond acceptors (Lipinski definition) is 6. The molecule has 2 heterocycles. The van der Waals surface area contributed by atoms with Gasteiger partial charge in [-0.15, -0.1) is 21.5 Å². The second kappa shape index (κ2) is 3.39. The maximum Gasteiger partial charge on any atom is 0.203 e. The van der Waals surface area contributed by atoms with E-state index in [1.54, 1.807) is 11.3 Å². The number of aromatic nitrogens is 3. The molecule has 0 fully saturated rings. The number of nitrogens with two attached hydrogens (primary N) is 1. The molecular formula is C7H8N4S2. The maximum absolute atomic E-state index is 5.48. The van der Waals surface area contributed by atoms with Crippen LogP contribution in [0.3, 0.4) is 0 Å². The molecule has 2 rings (SSSR count). The predicted octanol–water partition coefficient (Wildman–Crippen LogP) is 1.81. The minimum atomic E-state index is 0.501. The fourth-order valence-corrected chi connectivity index (χ4v) is 2.41. The van der Waals surface area contributed by atoms with Crippen LogP contribution in [0.5, 0.6) is 0 Å². The summed E-state index contributed by atoms with van der Waals surface area (Å²) in [6, 6.07) is 0. The van der Waals surface area contributed by atoms with E-state index in [2.05, 4.69) is 22.1 Å². The zero-order valence-corrected chi connectivity index (χ0v) is 8.65. The lowest BCUT2D eigenvalue weighted by Crippen LogP contribution is -1.79. The molecule has 0 radical (unpaired) electrons. The summed E-state index contributed by atoms with van der Waals surface area (Å²) >= 11 is 3.03. The van der Waals surface area contributed by atoms with Gasteiger partial charge in [-0.1, -0.05) is 18.3 Å². The van der Waals surface area contributed by atoms with Gasteiger partial charge in [0.2, 0.25) is 5.13 Å². The highest BCUT2D eigenvalue weighted by Crippen LogP contribution is 2.29. The Kier molecular flexibility index (Phi) is 2.24. The summed E-state index contributed by atoms with van der Waals surface area (Å²) in [5.74, 6) is 0. The number of hydrogen-bond donors (Lipinski definition) is 1. The largest absolute Gasteiger partial charge is 0.374 e. The standard InChI is InChI=1S/C7H8N4S2/c1-2-5-9-3-4(12-5)6-10-11-7(8)13-6/h3H,2H2,1H3,(H2,8,11). The SMILES string of the molecule is CCc1ncc(-c2nnc(N)s2)s1. The van der Waals surface area contributed by atoms with Gasteiger partial charge >= 0.3 is 0 Å². The molecule has 6 heteroatoms. The average molecular weight is 212 g/mol. The summed E-state index contributed by atoms with van der Waals surface area (Å²) < 4.78 is 0. The first-order valence-electron chi connectivity index (χ1n) is 3.83. The molecule has 0 saturated heterocycles. The molecule has 0 amide bonds. The molecule has 4 nitrogen and oxygen atoms in total. The summed E-state index contributed by atoms with van der Waals surface area (Å²) in [7, 11) is 0. The molecule has 0 aliphatic heterocycles. The molecule has 0 unspecified atom stereocenters. The number of thiazole rings is 1. The quantitative estimate of drug-likeness (QED) is 0.824. The molecule has 13 heavy (non-hydrogen) atoms. The fourth-order valence-electron chi connectivity index (χ4n) is 0.907. The monoisotopic (exact) mass is 212 g/mol. The Bertz CT molecular complexity index is 406. The molecule has 0 atom stereocenters. The second-order valence-corrected chi connectivity index (χ2v) is 4.54. The van der Waals surface area contributed by atoms with E-state index < -0.39 is 0 Å². The highest BCUT2D eigenvalue weighted by molar-refractivity contribution is 7.23. The fraction of sp³-hybridized carbons (Fsp3) is 0.286. The second-order valence-electron chi connectivity index (χ2n) is 2.42. The van der Waals surface area contributed by atoms with E-state index in [1.165, 1.54) is 11.3 Å². The lowest BCUT2D eigenvalue weighted by atomic mass is 10.5. The number of anilines is 1. The summed E-state index contributed by atoms with van der Waals surface area (Å²) in [5, 5.41) is 10.2. The first-order valence-corrected chi connectivity index (χ1v) is 5.47. The van der Waals surface area contributed by atoms with E-state index in [1.807, 2.05) is 6.20 Å².